The molecule has 0 N–H and O–H groups in total. The molecule has 1 aliphatic heterocycles. The number of piperazine rings is 1. The fourth-order valence-corrected chi connectivity index (χ4v) is 3.06. The van der Waals surface area contributed by atoms with Crippen molar-refractivity contribution in [2.24, 2.45) is 0 Å². The first-order chi connectivity index (χ1) is 11.6. The minimum Gasteiger partial charge on any atom is -0.360 e. The number of hydrogen-bond donors (Lipinski definition) is 0. The molecule has 1 saturated heterocycles. The van der Waals surface area contributed by atoms with Crippen LogP contribution in [0.5, 0.6) is 0 Å². The summed E-state index contributed by atoms with van der Waals surface area (Å²) in [5.74, 6) is 0.885. The van der Waals surface area contributed by atoms with Crippen molar-refractivity contribution >= 4 is 5.91 Å². The van der Waals surface area contributed by atoms with E-state index < -0.39 is 0 Å². The summed E-state index contributed by atoms with van der Waals surface area (Å²) < 4.78 is 5.36. The predicted octanol–water partition coefficient (Wildman–Crippen LogP) is 2.46. The molecule has 3 heterocycles. The van der Waals surface area contributed by atoms with Crippen molar-refractivity contribution in [3.8, 4) is 0 Å². The van der Waals surface area contributed by atoms with Crippen LogP contribution in [0.3, 0.4) is 0 Å². The van der Waals surface area contributed by atoms with E-state index in [-0.39, 0.29) is 11.8 Å². The van der Waals surface area contributed by atoms with Gasteiger partial charge in [0, 0.05) is 51.0 Å². The quantitative estimate of drug-likeness (QED) is 0.863. The summed E-state index contributed by atoms with van der Waals surface area (Å²) in [5, 5.41) is 3.99. The molecule has 6 nitrogen and oxygen atoms in total. The molecular formula is C18H24N4O2. The van der Waals surface area contributed by atoms with Crippen LogP contribution in [-0.2, 0) is 6.54 Å². The number of carbonyl (C=O) groups is 1. The van der Waals surface area contributed by atoms with E-state index in [9.17, 15) is 4.79 Å². The highest BCUT2D eigenvalue weighted by atomic mass is 16.5. The first-order valence-electron chi connectivity index (χ1n) is 8.43. The summed E-state index contributed by atoms with van der Waals surface area (Å²) in [6.45, 7) is 9.96. The molecule has 0 bridgehead atoms. The summed E-state index contributed by atoms with van der Waals surface area (Å²) in [7, 11) is 0. The van der Waals surface area contributed by atoms with E-state index in [1.807, 2.05) is 50.2 Å². The molecule has 2 aromatic heterocycles. The van der Waals surface area contributed by atoms with Gasteiger partial charge in [0.25, 0.3) is 5.91 Å². The topological polar surface area (TPSA) is 62.5 Å². The molecule has 0 atom stereocenters. The van der Waals surface area contributed by atoms with E-state index in [2.05, 4.69) is 15.0 Å². The molecule has 0 saturated carbocycles. The lowest BCUT2D eigenvalue weighted by atomic mass is 10.0. The Hall–Kier alpha value is -2.21. The maximum Gasteiger partial charge on any atom is 0.259 e. The minimum atomic E-state index is 0.0426. The summed E-state index contributed by atoms with van der Waals surface area (Å²) in [6, 6.07) is 4.07. The van der Waals surface area contributed by atoms with Gasteiger partial charge in [-0.2, -0.15) is 0 Å². The van der Waals surface area contributed by atoms with Crippen LogP contribution in [-0.4, -0.2) is 52.0 Å². The number of amides is 1. The molecular weight excluding hydrogens is 304 g/mol. The SMILES string of the molecule is Cc1noc(C(C)C)c1C(=O)N1CCN(Cc2ccncc2)CC1. The number of pyridine rings is 1. The molecule has 1 fully saturated rings. The molecule has 1 amide bonds. The molecule has 6 heteroatoms. The minimum absolute atomic E-state index is 0.0426. The number of hydrogen-bond acceptors (Lipinski definition) is 5. The number of carbonyl (C=O) groups excluding carboxylic acids is 1. The van der Waals surface area contributed by atoms with E-state index >= 15 is 0 Å². The Morgan fingerprint density at radius 2 is 1.88 bits per heavy atom. The first kappa shape index (κ1) is 16.6. The second-order valence-corrected chi connectivity index (χ2v) is 6.59. The highest BCUT2D eigenvalue weighted by molar-refractivity contribution is 5.96. The standard InChI is InChI=1S/C18H24N4O2/c1-13(2)17-16(14(3)20-24-17)18(23)22-10-8-21(9-11-22)12-15-4-6-19-7-5-15/h4-7,13H,8-12H2,1-3H3. The molecule has 0 unspecified atom stereocenters. The monoisotopic (exact) mass is 328 g/mol. The predicted molar refractivity (Wildman–Crippen MR) is 90.7 cm³/mol. The summed E-state index contributed by atoms with van der Waals surface area (Å²) >= 11 is 0. The average Bonchev–Trinajstić information content (AvgIpc) is 2.98. The van der Waals surface area contributed by atoms with Crippen molar-refractivity contribution in [3.63, 3.8) is 0 Å². The van der Waals surface area contributed by atoms with Gasteiger partial charge in [-0.1, -0.05) is 19.0 Å². The lowest BCUT2D eigenvalue weighted by Gasteiger charge is -2.34. The van der Waals surface area contributed by atoms with Gasteiger partial charge in [-0.3, -0.25) is 14.7 Å². The molecule has 0 spiro atoms. The summed E-state index contributed by atoms with van der Waals surface area (Å²) in [5.41, 5.74) is 2.58. The fraction of sp³-hybridized carbons (Fsp3) is 0.500. The Bertz CT molecular complexity index is 688. The first-order valence-corrected chi connectivity index (χ1v) is 8.43. The zero-order valence-electron chi connectivity index (χ0n) is 14.5. The van der Waals surface area contributed by atoms with Gasteiger partial charge in [-0.15, -0.1) is 0 Å². The third-order valence-electron chi connectivity index (χ3n) is 4.44. The maximum absolute atomic E-state index is 12.9. The molecule has 0 radical (unpaired) electrons. The molecule has 3 rings (SSSR count). The lowest BCUT2D eigenvalue weighted by Crippen LogP contribution is -2.48. The molecule has 0 aliphatic carbocycles. The van der Waals surface area contributed by atoms with Gasteiger partial charge in [0.05, 0.1) is 5.69 Å². The summed E-state index contributed by atoms with van der Waals surface area (Å²) in [6.07, 6.45) is 3.63. The zero-order valence-corrected chi connectivity index (χ0v) is 14.5. The van der Waals surface area contributed by atoms with Gasteiger partial charge in [0.1, 0.15) is 5.56 Å². The largest absolute Gasteiger partial charge is 0.360 e. The van der Waals surface area contributed by atoms with Crippen molar-refractivity contribution in [1.82, 2.24) is 19.9 Å². The van der Waals surface area contributed by atoms with Crippen LogP contribution in [0.1, 0.15) is 47.1 Å². The van der Waals surface area contributed by atoms with Crippen LogP contribution < -0.4 is 0 Å². The molecule has 0 aromatic carbocycles. The Balaban J connectivity index is 1.62. The van der Waals surface area contributed by atoms with Crippen LogP contribution in [0.2, 0.25) is 0 Å². The van der Waals surface area contributed by atoms with Gasteiger partial charge >= 0.3 is 0 Å². The van der Waals surface area contributed by atoms with Crippen LogP contribution in [0.15, 0.2) is 29.0 Å². The normalized spacial score (nSPS) is 15.9. The van der Waals surface area contributed by atoms with Gasteiger partial charge in [0.15, 0.2) is 5.76 Å². The van der Waals surface area contributed by atoms with E-state index in [1.165, 1.54) is 5.56 Å². The van der Waals surface area contributed by atoms with E-state index in [4.69, 9.17) is 4.52 Å². The molecule has 24 heavy (non-hydrogen) atoms. The number of rotatable bonds is 4. The van der Waals surface area contributed by atoms with Crippen LogP contribution in [0, 0.1) is 6.92 Å². The van der Waals surface area contributed by atoms with Crippen LogP contribution in [0.4, 0.5) is 0 Å². The van der Waals surface area contributed by atoms with E-state index in [0.29, 0.717) is 17.0 Å². The van der Waals surface area contributed by atoms with E-state index in [0.717, 1.165) is 32.7 Å². The van der Waals surface area contributed by atoms with Gasteiger partial charge in [-0.05, 0) is 24.6 Å². The van der Waals surface area contributed by atoms with Crippen LogP contribution in [0.25, 0.3) is 0 Å². The van der Waals surface area contributed by atoms with Gasteiger partial charge in [0.2, 0.25) is 0 Å². The molecule has 2 aromatic rings. The van der Waals surface area contributed by atoms with Crippen molar-refractivity contribution < 1.29 is 9.32 Å². The Morgan fingerprint density at radius 1 is 1.21 bits per heavy atom. The second-order valence-electron chi connectivity index (χ2n) is 6.59. The third-order valence-corrected chi connectivity index (χ3v) is 4.44. The second kappa shape index (κ2) is 7.13. The van der Waals surface area contributed by atoms with Gasteiger partial charge in [-0.25, -0.2) is 0 Å². The third kappa shape index (κ3) is 3.48. The van der Waals surface area contributed by atoms with E-state index in [1.54, 1.807) is 0 Å². The zero-order chi connectivity index (χ0) is 17.1. The fourth-order valence-electron chi connectivity index (χ4n) is 3.06. The van der Waals surface area contributed by atoms with Crippen molar-refractivity contribution in [3.05, 3.63) is 47.1 Å². The Kier molecular flexibility index (Phi) is 4.94. The highest BCUT2D eigenvalue weighted by Gasteiger charge is 2.28. The Morgan fingerprint density at radius 3 is 2.50 bits per heavy atom. The van der Waals surface area contributed by atoms with Crippen molar-refractivity contribution in [2.45, 2.75) is 33.2 Å². The average molecular weight is 328 g/mol. The van der Waals surface area contributed by atoms with Crippen molar-refractivity contribution in [2.75, 3.05) is 26.2 Å². The van der Waals surface area contributed by atoms with Gasteiger partial charge < -0.3 is 9.42 Å². The lowest BCUT2D eigenvalue weighted by molar-refractivity contribution is 0.0625. The maximum atomic E-state index is 12.9. The Labute approximate surface area is 142 Å². The molecule has 128 valence electrons. The smallest absolute Gasteiger partial charge is 0.259 e. The van der Waals surface area contributed by atoms with Crippen molar-refractivity contribution in [1.29, 1.82) is 0 Å². The van der Waals surface area contributed by atoms with Crippen LogP contribution >= 0.6 is 0 Å². The number of aromatic nitrogens is 2. The summed E-state index contributed by atoms with van der Waals surface area (Å²) in [4.78, 5) is 21.2. The number of aryl methyl sites for hydroxylation is 1. The highest BCUT2D eigenvalue weighted by Crippen LogP contribution is 2.24. The number of nitrogens with zero attached hydrogens (tertiary/aromatic N) is 4. The molecule has 1 aliphatic rings.